The standard InChI is InChI=1S/C4H7ClN2O3S/c1-7-2-3(4(5)8)6-11(7,9)10/h3,6H,2H2,1H3/t3-/m0/s1. The van der Waals surface area contributed by atoms with Crippen LogP contribution in [0.25, 0.3) is 0 Å². The molecule has 0 saturated carbocycles. The molecule has 1 atom stereocenters. The first-order valence-corrected chi connectivity index (χ1v) is 4.68. The summed E-state index contributed by atoms with van der Waals surface area (Å²) in [4.78, 5) is 10.5. The molecule has 0 aliphatic carbocycles. The molecule has 0 aromatic rings. The van der Waals surface area contributed by atoms with Crippen molar-refractivity contribution in [3.05, 3.63) is 0 Å². The normalized spacial score (nSPS) is 30.5. The minimum Gasteiger partial charge on any atom is -0.279 e. The molecule has 0 radical (unpaired) electrons. The first-order valence-electron chi connectivity index (χ1n) is 2.86. The summed E-state index contributed by atoms with van der Waals surface area (Å²) in [5, 5.41) is -0.682. The molecular weight excluding hydrogens is 192 g/mol. The molecule has 11 heavy (non-hydrogen) atoms. The lowest BCUT2D eigenvalue weighted by atomic mass is 10.3. The predicted octanol–water partition coefficient (Wildman–Crippen LogP) is -1.10. The fourth-order valence-electron chi connectivity index (χ4n) is 0.780. The van der Waals surface area contributed by atoms with Crippen molar-refractivity contribution in [2.45, 2.75) is 6.04 Å². The highest BCUT2D eigenvalue weighted by atomic mass is 35.5. The number of halogens is 1. The summed E-state index contributed by atoms with van der Waals surface area (Å²) in [6.07, 6.45) is 0. The van der Waals surface area contributed by atoms with Crippen LogP contribution in [0.2, 0.25) is 0 Å². The van der Waals surface area contributed by atoms with Crippen molar-refractivity contribution in [2.75, 3.05) is 13.6 Å². The van der Waals surface area contributed by atoms with Gasteiger partial charge in [-0.05, 0) is 11.6 Å². The van der Waals surface area contributed by atoms with Crippen molar-refractivity contribution in [1.82, 2.24) is 9.03 Å². The second-order valence-corrected chi connectivity index (χ2v) is 4.44. The van der Waals surface area contributed by atoms with Crippen molar-refractivity contribution < 1.29 is 13.2 Å². The van der Waals surface area contributed by atoms with Crippen LogP contribution < -0.4 is 4.72 Å². The van der Waals surface area contributed by atoms with Gasteiger partial charge in [0.05, 0.1) is 0 Å². The first kappa shape index (κ1) is 8.92. The zero-order chi connectivity index (χ0) is 8.65. The Hall–Kier alpha value is -0.170. The summed E-state index contributed by atoms with van der Waals surface area (Å²) < 4.78 is 24.9. The van der Waals surface area contributed by atoms with Gasteiger partial charge >= 0.3 is 0 Å². The van der Waals surface area contributed by atoms with Crippen molar-refractivity contribution in [3.63, 3.8) is 0 Å². The van der Waals surface area contributed by atoms with Crippen LogP contribution in [0.3, 0.4) is 0 Å². The number of rotatable bonds is 1. The van der Waals surface area contributed by atoms with Crippen LogP contribution in [0.15, 0.2) is 0 Å². The average Bonchev–Trinajstić information content (AvgIpc) is 2.08. The van der Waals surface area contributed by atoms with E-state index in [1.807, 2.05) is 0 Å². The molecule has 1 heterocycles. The van der Waals surface area contributed by atoms with Crippen molar-refractivity contribution >= 4 is 27.1 Å². The van der Waals surface area contributed by atoms with Gasteiger partial charge in [-0.15, -0.1) is 0 Å². The molecule has 0 aromatic heterocycles. The van der Waals surface area contributed by atoms with Crippen LogP contribution in [-0.2, 0) is 15.0 Å². The molecule has 1 aliphatic heterocycles. The Labute approximate surface area is 69.5 Å². The highest BCUT2D eigenvalue weighted by Gasteiger charge is 2.35. The maximum Gasteiger partial charge on any atom is 0.280 e. The minimum absolute atomic E-state index is 0.102. The van der Waals surface area contributed by atoms with E-state index in [9.17, 15) is 13.2 Å². The van der Waals surface area contributed by atoms with E-state index < -0.39 is 21.5 Å². The lowest BCUT2D eigenvalue weighted by Gasteiger charge is -2.01. The third-order valence-electron chi connectivity index (χ3n) is 1.42. The predicted molar refractivity (Wildman–Crippen MR) is 39.3 cm³/mol. The Morgan fingerprint density at radius 3 is 2.45 bits per heavy atom. The molecule has 0 spiro atoms. The van der Waals surface area contributed by atoms with Gasteiger partial charge in [-0.3, -0.25) is 4.79 Å². The summed E-state index contributed by atoms with van der Waals surface area (Å²) in [5.41, 5.74) is 0. The van der Waals surface area contributed by atoms with Crippen LogP contribution >= 0.6 is 11.6 Å². The Balaban J connectivity index is 2.81. The van der Waals surface area contributed by atoms with Gasteiger partial charge in [0.25, 0.3) is 10.2 Å². The molecule has 0 amide bonds. The van der Waals surface area contributed by atoms with Crippen LogP contribution in [0.4, 0.5) is 0 Å². The quantitative estimate of drug-likeness (QED) is 0.544. The molecule has 1 fully saturated rings. The number of nitrogens with one attached hydrogen (secondary N) is 1. The molecule has 1 N–H and O–H groups in total. The topological polar surface area (TPSA) is 66.5 Å². The third-order valence-corrected chi connectivity index (χ3v) is 3.23. The van der Waals surface area contributed by atoms with Gasteiger partial charge in [-0.2, -0.15) is 17.4 Å². The number of nitrogens with zero attached hydrogens (tertiary/aromatic N) is 1. The summed E-state index contributed by atoms with van der Waals surface area (Å²) >= 11 is 5.08. The number of hydrogen-bond acceptors (Lipinski definition) is 3. The molecule has 0 aromatic carbocycles. The van der Waals surface area contributed by atoms with E-state index in [0.717, 1.165) is 4.31 Å². The van der Waals surface area contributed by atoms with Crippen molar-refractivity contribution in [2.24, 2.45) is 0 Å². The second-order valence-electron chi connectivity index (χ2n) is 2.26. The van der Waals surface area contributed by atoms with Gasteiger partial charge in [-0.25, -0.2) is 0 Å². The number of likely N-dealkylation sites (N-methyl/N-ethyl adjacent to an activating group) is 1. The minimum atomic E-state index is -3.44. The molecule has 7 heteroatoms. The molecule has 64 valence electrons. The lowest BCUT2D eigenvalue weighted by molar-refractivity contribution is -0.112. The van der Waals surface area contributed by atoms with Crippen LogP contribution in [0, 0.1) is 0 Å². The van der Waals surface area contributed by atoms with Gasteiger partial charge in [0.2, 0.25) is 5.24 Å². The highest BCUT2D eigenvalue weighted by molar-refractivity contribution is 7.87. The fraction of sp³-hybridized carbons (Fsp3) is 0.750. The van der Waals surface area contributed by atoms with Crippen LogP contribution in [0.5, 0.6) is 0 Å². The zero-order valence-corrected chi connectivity index (χ0v) is 7.32. The zero-order valence-electron chi connectivity index (χ0n) is 5.74. The Kier molecular flexibility index (Phi) is 2.19. The van der Waals surface area contributed by atoms with Crippen LogP contribution in [0.1, 0.15) is 0 Å². The largest absolute Gasteiger partial charge is 0.280 e. The third kappa shape index (κ3) is 1.70. The lowest BCUT2D eigenvalue weighted by Crippen LogP contribution is -2.32. The van der Waals surface area contributed by atoms with E-state index in [2.05, 4.69) is 4.72 Å². The first-order chi connectivity index (χ1) is 4.93. The van der Waals surface area contributed by atoms with Crippen molar-refractivity contribution in [3.8, 4) is 0 Å². The number of hydrogen-bond donors (Lipinski definition) is 1. The van der Waals surface area contributed by atoms with E-state index in [4.69, 9.17) is 11.6 Å². The van der Waals surface area contributed by atoms with Crippen molar-refractivity contribution in [1.29, 1.82) is 0 Å². The average molecular weight is 199 g/mol. The Bertz CT molecular complexity index is 275. The molecule has 1 rings (SSSR count). The molecule has 1 saturated heterocycles. The SMILES string of the molecule is CN1C[C@@H](C(=O)Cl)NS1(=O)=O. The second kappa shape index (κ2) is 2.71. The number of carbonyl (C=O) groups excluding carboxylic acids is 1. The maximum absolute atomic E-state index is 10.9. The Morgan fingerprint density at radius 1 is 1.73 bits per heavy atom. The van der Waals surface area contributed by atoms with Gasteiger partial charge < -0.3 is 0 Å². The summed E-state index contributed by atoms with van der Waals surface area (Å²) in [7, 11) is -2.06. The van der Waals surface area contributed by atoms with E-state index in [1.165, 1.54) is 7.05 Å². The Morgan fingerprint density at radius 2 is 2.27 bits per heavy atom. The van der Waals surface area contributed by atoms with Crippen LogP contribution in [-0.4, -0.2) is 37.6 Å². The van der Waals surface area contributed by atoms with E-state index in [0.29, 0.717) is 0 Å². The summed E-state index contributed by atoms with van der Waals surface area (Å²) in [6.45, 7) is 0.102. The highest BCUT2D eigenvalue weighted by Crippen LogP contribution is 2.08. The van der Waals surface area contributed by atoms with Gasteiger partial charge in [0.15, 0.2) is 0 Å². The van der Waals surface area contributed by atoms with E-state index in [1.54, 1.807) is 0 Å². The molecule has 5 nitrogen and oxygen atoms in total. The smallest absolute Gasteiger partial charge is 0.279 e. The number of carbonyl (C=O) groups is 1. The van der Waals surface area contributed by atoms with Gasteiger partial charge in [-0.1, -0.05) is 0 Å². The molecular formula is C4H7ClN2O3S. The maximum atomic E-state index is 10.9. The monoisotopic (exact) mass is 198 g/mol. The summed E-state index contributed by atoms with van der Waals surface area (Å²) in [5.74, 6) is 0. The fourth-order valence-corrected chi connectivity index (χ4v) is 2.03. The summed E-state index contributed by atoms with van der Waals surface area (Å²) in [6, 6.07) is -0.799. The van der Waals surface area contributed by atoms with E-state index >= 15 is 0 Å². The molecule has 1 aliphatic rings. The van der Waals surface area contributed by atoms with Gasteiger partial charge in [0.1, 0.15) is 6.04 Å². The molecule has 0 bridgehead atoms. The van der Waals surface area contributed by atoms with E-state index in [-0.39, 0.29) is 6.54 Å². The molecule has 0 unspecified atom stereocenters. The van der Waals surface area contributed by atoms with Gasteiger partial charge in [0, 0.05) is 13.6 Å².